The fourth-order valence-electron chi connectivity index (χ4n) is 2.34. The highest BCUT2D eigenvalue weighted by molar-refractivity contribution is 5.85. The molecule has 0 bridgehead atoms. The minimum Gasteiger partial charge on any atom is -0.497 e. The zero-order valence-electron chi connectivity index (χ0n) is 13.6. The number of amides is 1. The third-order valence-corrected chi connectivity index (χ3v) is 3.64. The molecule has 0 saturated carbocycles. The second kappa shape index (κ2) is 8.03. The molecule has 0 saturated heterocycles. The van der Waals surface area contributed by atoms with Crippen molar-refractivity contribution in [2.24, 2.45) is 11.7 Å². The van der Waals surface area contributed by atoms with Crippen molar-refractivity contribution >= 4 is 5.91 Å². The van der Waals surface area contributed by atoms with Crippen LogP contribution in [-0.4, -0.2) is 25.1 Å². The molecule has 4 heteroatoms. The van der Waals surface area contributed by atoms with Gasteiger partial charge in [-0.05, 0) is 43.4 Å². The molecule has 0 fully saturated rings. The second-order valence-corrected chi connectivity index (χ2v) is 6.03. The summed E-state index contributed by atoms with van der Waals surface area (Å²) in [5.41, 5.74) is 6.48. The van der Waals surface area contributed by atoms with E-state index < -0.39 is 5.54 Å². The lowest BCUT2D eigenvalue weighted by Crippen LogP contribution is -2.52. The van der Waals surface area contributed by atoms with Gasteiger partial charge in [0, 0.05) is 6.54 Å². The molecular formula is C17H28N2O2. The first-order chi connectivity index (χ1) is 9.89. The van der Waals surface area contributed by atoms with E-state index in [0.29, 0.717) is 18.9 Å². The highest BCUT2D eigenvalue weighted by Gasteiger charge is 2.26. The molecule has 0 aliphatic heterocycles. The van der Waals surface area contributed by atoms with E-state index in [1.807, 2.05) is 19.1 Å². The molecular weight excluding hydrogens is 264 g/mol. The first-order valence-corrected chi connectivity index (χ1v) is 7.59. The van der Waals surface area contributed by atoms with Crippen molar-refractivity contribution < 1.29 is 9.53 Å². The zero-order chi connectivity index (χ0) is 15.9. The minimum absolute atomic E-state index is 0.0640. The zero-order valence-corrected chi connectivity index (χ0v) is 13.6. The van der Waals surface area contributed by atoms with E-state index >= 15 is 0 Å². The van der Waals surface area contributed by atoms with Crippen molar-refractivity contribution in [3.8, 4) is 5.75 Å². The van der Waals surface area contributed by atoms with Crippen molar-refractivity contribution in [1.82, 2.24) is 5.32 Å². The number of carbonyl (C=O) groups excluding carboxylic acids is 1. The smallest absolute Gasteiger partial charge is 0.239 e. The van der Waals surface area contributed by atoms with E-state index in [1.165, 1.54) is 5.56 Å². The van der Waals surface area contributed by atoms with Crippen LogP contribution in [0.2, 0.25) is 0 Å². The maximum atomic E-state index is 12.0. The molecule has 1 rings (SSSR count). The summed E-state index contributed by atoms with van der Waals surface area (Å²) in [5, 5.41) is 2.96. The Labute approximate surface area is 128 Å². The van der Waals surface area contributed by atoms with E-state index in [0.717, 1.165) is 18.6 Å². The van der Waals surface area contributed by atoms with Gasteiger partial charge in [-0.1, -0.05) is 32.4 Å². The van der Waals surface area contributed by atoms with Crippen LogP contribution < -0.4 is 15.8 Å². The Bertz CT molecular complexity index is 441. The topological polar surface area (TPSA) is 64.4 Å². The molecule has 1 aromatic rings. The molecule has 0 aliphatic carbocycles. The number of nitrogens with one attached hydrogen (secondary N) is 1. The molecule has 1 amide bonds. The molecule has 2 atom stereocenters. The van der Waals surface area contributed by atoms with Gasteiger partial charge < -0.3 is 15.8 Å². The number of carbonyl (C=O) groups is 1. The summed E-state index contributed by atoms with van der Waals surface area (Å²) in [4.78, 5) is 12.0. The number of ether oxygens (including phenoxy) is 1. The molecule has 0 heterocycles. The van der Waals surface area contributed by atoms with Gasteiger partial charge in [-0.15, -0.1) is 0 Å². The molecule has 0 spiro atoms. The van der Waals surface area contributed by atoms with E-state index in [2.05, 4.69) is 24.4 Å². The number of hydrogen-bond acceptors (Lipinski definition) is 3. The standard InChI is InChI=1S/C17H28N2O2/c1-5-10-17(3,18)16(20)19-12-13(2)11-14-6-8-15(21-4)9-7-14/h6-9,13H,5,10-12,18H2,1-4H3,(H,19,20). The number of rotatable bonds is 8. The van der Waals surface area contributed by atoms with Crippen LogP contribution in [0.25, 0.3) is 0 Å². The fourth-order valence-corrected chi connectivity index (χ4v) is 2.34. The number of methoxy groups -OCH3 is 1. The Morgan fingerprint density at radius 3 is 2.52 bits per heavy atom. The van der Waals surface area contributed by atoms with Crippen LogP contribution in [-0.2, 0) is 11.2 Å². The number of nitrogens with two attached hydrogens (primary N) is 1. The van der Waals surface area contributed by atoms with Crippen LogP contribution in [0.4, 0.5) is 0 Å². The average molecular weight is 292 g/mol. The Balaban J connectivity index is 2.43. The molecule has 21 heavy (non-hydrogen) atoms. The summed E-state index contributed by atoms with van der Waals surface area (Å²) in [6, 6.07) is 8.03. The minimum atomic E-state index is -0.769. The van der Waals surface area contributed by atoms with Gasteiger partial charge in [0.05, 0.1) is 12.6 Å². The lowest BCUT2D eigenvalue weighted by Gasteiger charge is -2.24. The lowest BCUT2D eigenvalue weighted by atomic mass is 9.95. The second-order valence-electron chi connectivity index (χ2n) is 6.03. The molecule has 0 radical (unpaired) electrons. The van der Waals surface area contributed by atoms with Crippen LogP contribution in [0.1, 0.15) is 39.2 Å². The summed E-state index contributed by atoms with van der Waals surface area (Å²) in [6.45, 7) is 6.59. The summed E-state index contributed by atoms with van der Waals surface area (Å²) < 4.78 is 5.14. The molecule has 2 unspecified atom stereocenters. The van der Waals surface area contributed by atoms with Gasteiger partial charge in [-0.25, -0.2) is 0 Å². The summed E-state index contributed by atoms with van der Waals surface area (Å²) >= 11 is 0. The predicted molar refractivity (Wildman–Crippen MR) is 86.4 cm³/mol. The Morgan fingerprint density at radius 2 is 2.00 bits per heavy atom. The monoisotopic (exact) mass is 292 g/mol. The molecule has 4 nitrogen and oxygen atoms in total. The highest BCUT2D eigenvalue weighted by atomic mass is 16.5. The van der Waals surface area contributed by atoms with Crippen LogP contribution >= 0.6 is 0 Å². The number of hydrogen-bond donors (Lipinski definition) is 2. The SMILES string of the molecule is CCCC(C)(N)C(=O)NCC(C)Cc1ccc(OC)cc1. The third-order valence-electron chi connectivity index (χ3n) is 3.64. The van der Waals surface area contributed by atoms with Gasteiger partial charge in [0.15, 0.2) is 0 Å². The van der Waals surface area contributed by atoms with Crippen LogP contribution in [0.15, 0.2) is 24.3 Å². The van der Waals surface area contributed by atoms with Crippen molar-refractivity contribution in [3.05, 3.63) is 29.8 Å². The Morgan fingerprint density at radius 1 is 1.38 bits per heavy atom. The van der Waals surface area contributed by atoms with Crippen molar-refractivity contribution in [2.45, 2.75) is 45.6 Å². The van der Waals surface area contributed by atoms with E-state index in [1.54, 1.807) is 14.0 Å². The van der Waals surface area contributed by atoms with Gasteiger partial charge in [0.2, 0.25) is 5.91 Å². The summed E-state index contributed by atoms with van der Waals surface area (Å²) in [7, 11) is 1.66. The number of benzene rings is 1. The van der Waals surface area contributed by atoms with Crippen molar-refractivity contribution in [2.75, 3.05) is 13.7 Å². The molecule has 118 valence electrons. The third kappa shape index (κ3) is 5.76. The average Bonchev–Trinajstić information content (AvgIpc) is 2.45. The van der Waals surface area contributed by atoms with Gasteiger partial charge >= 0.3 is 0 Å². The van der Waals surface area contributed by atoms with Gasteiger partial charge in [0.25, 0.3) is 0 Å². The summed E-state index contributed by atoms with van der Waals surface area (Å²) in [5.74, 6) is 1.16. The quantitative estimate of drug-likeness (QED) is 0.774. The lowest BCUT2D eigenvalue weighted by molar-refractivity contribution is -0.126. The summed E-state index contributed by atoms with van der Waals surface area (Å²) in [6.07, 6.45) is 2.52. The molecule has 0 aromatic heterocycles. The van der Waals surface area contributed by atoms with Crippen LogP contribution in [0.3, 0.4) is 0 Å². The van der Waals surface area contributed by atoms with Gasteiger partial charge in [0.1, 0.15) is 5.75 Å². The largest absolute Gasteiger partial charge is 0.497 e. The van der Waals surface area contributed by atoms with Gasteiger partial charge in [-0.2, -0.15) is 0 Å². The Kier molecular flexibility index (Phi) is 6.69. The maximum absolute atomic E-state index is 12.0. The Hall–Kier alpha value is -1.55. The molecule has 0 aliphatic rings. The normalized spacial score (nSPS) is 15.1. The first kappa shape index (κ1) is 17.5. The molecule has 3 N–H and O–H groups in total. The van der Waals surface area contributed by atoms with E-state index in [9.17, 15) is 4.79 Å². The first-order valence-electron chi connectivity index (χ1n) is 7.59. The maximum Gasteiger partial charge on any atom is 0.239 e. The molecule has 1 aromatic carbocycles. The van der Waals surface area contributed by atoms with Crippen LogP contribution in [0, 0.1) is 5.92 Å². The highest BCUT2D eigenvalue weighted by Crippen LogP contribution is 2.15. The van der Waals surface area contributed by atoms with E-state index in [-0.39, 0.29) is 5.91 Å². The van der Waals surface area contributed by atoms with Crippen molar-refractivity contribution in [1.29, 1.82) is 0 Å². The fraction of sp³-hybridized carbons (Fsp3) is 0.588. The van der Waals surface area contributed by atoms with Crippen LogP contribution in [0.5, 0.6) is 5.75 Å². The van der Waals surface area contributed by atoms with Crippen molar-refractivity contribution in [3.63, 3.8) is 0 Å². The van der Waals surface area contributed by atoms with E-state index in [4.69, 9.17) is 10.5 Å². The predicted octanol–water partition coefficient (Wildman–Crippen LogP) is 2.51. The van der Waals surface area contributed by atoms with Gasteiger partial charge in [-0.3, -0.25) is 4.79 Å².